The Morgan fingerprint density at radius 1 is 1.00 bits per heavy atom. The Labute approximate surface area is 124 Å². The van der Waals surface area contributed by atoms with Crippen molar-refractivity contribution < 1.29 is 4.74 Å². The van der Waals surface area contributed by atoms with Gasteiger partial charge in [0.25, 0.3) is 0 Å². The maximum absolute atomic E-state index is 5.86. The number of rotatable bonds is 4. The first-order valence-corrected chi connectivity index (χ1v) is 7.14. The summed E-state index contributed by atoms with van der Waals surface area (Å²) in [6.07, 6.45) is 0. The molecule has 2 nitrogen and oxygen atoms in total. The van der Waals surface area contributed by atoms with Crippen LogP contribution in [-0.4, -0.2) is 7.05 Å². The normalized spacial score (nSPS) is 10.4. The van der Waals surface area contributed by atoms with Gasteiger partial charge in [0.15, 0.2) is 0 Å². The van der Waals surface area contributed by atoms with E-state index in [9.17, 15) is 0 Å². The Bertz CT molecular complexity index is 543. The van der Waals surface area contributed by atoms with Crippen molar-refractivity contribution >= 4 is 31.9 Å². The molecule has 0 unspecified atom stereocenters. The number of nitrogens with one attached hydrogen (secondary N) is 1. The molecule has 0 aliphatic heterocycles. The molecule has 2 rings (SSSR count). The number of para-hydroxylation sites is 1. The van der Waals surface area contributed by atoms with Crippen molar-refractivity contribution in [2.24, 2.45) is 0 Å². The van der Waals surface area contributed by atoms with Crippen molar-refractivity contribution in [3.05, 3.63) is 57.0 Å². The Balaban J connectivity index is 2.22. The summed E-state index contributed by atoms with van der Waals surface area (Å²) < 4.78 is 7.75. The second-order valence-corrected chi connectivity index (χ2v) is 5.54. The summed E-state index contributed by atoms with van der Waals surface area (Å²) in [5.74, 6) is 1.61. The highest BCUT2D eigenvalue weighted by atomic mass is 79.9. The van der Waals surface area contributed by atoms with Crippen LogP contribution in [0.25, 0.3) is 0 Å². The van der Waals surface area contributed by atoms with Gasteiger partial charge in [-0.15, -0.1) is 0 Å². The van der Waals surface area contributed by atoms with Crippen LogP contribution in [0.2, 0.25) is 0 Å². The fraction of sp³-hybridized carbons (Fsp3) is 0.143. The molecule has 0 aliphatic carbocycles. The van der Waals surface area contributed by atoms with Crippen molar-refractivity contribution in [2.45, 2.75) is 6.54 Å². The standard InChI is InChI=1S/C14H13Br2NO/c1-17-9-10-6-7-14(12(16)8-10)18-13-5-3-2-4-11(13)15/h2-8,17H,9H2,1H3. The lowest BCUT2D eigenvalue weighted by Crippen LogP contribution is -2.04. The minimum Gasteiger partial charge on any atom is -0.455 e. The van der Waals surface area contributed by atoms with Crippen LogP contribution in [0.15, 0.2) is 51.4 Å². The van der Waals surface area contributed by atoms with E-state index in [4.69, 9.17) is 4.74 Å². The van der Waals surface area contributed by atoms with Crippen molar-refractivity contribution in [1.29, 1.82) is 0 Å². The first-order chi connectivity index (χ1) is 8.70. The lowest BCUT2D eigenvalue weighted by atomic mass is 10.2. The first kappa shape index (κ1) is 13.6. The second kappa shape index (κ2) is 6.36. The zero-order valence-corrected chi connectivity index (χ0v) is 13.1. The van der Waals surface area contributed by atoms with E-state index in [0.29, 0.717) is 0 Å². The van der Waals surface area contributed by atoms with Crippen LogP contribution in [0.4, 0.5) is 0 Å². The van der Waals surface area contributed by atoms with Crippen LogP contribution in [0.3, 0.4) is 0 Å². The Hall–Kier alpha value is -0.840. The molecule has 0 fully saturated rings. The van der Waals surface area contributed by atoms with E-state index in [0.717, 1.165) is 27.0 Å². The number of hydrogen-bond acceptors (Lipinski definition) is 2. The van der Waals surface area contributed by atoms with Gasteiger partial charge in [0.05, 0.1) is 8.95 Å². The van der Waals surface area contributed by atoms with Crippen LogP contribution in [-0.2, 0) is 6.54 Å². The smallest absolute Gasteiger partial charge is 0.141 e. The molecule has 0 heterocycles. The summed E-state index contributed by atoms with van der Waals surface area (Å²) in [6, 6.07) is 13.9. The third-order valence-corrected chi connectivity index (χ3v) is 3.71. The van der Waals surface area contributed by atoms with Crippen LogP contribution in [0.5, 0.6) is 11.5 Å². The minimum atomic E-state index is 0.805. The number of ether oxygens (including phenoxy) is 1. The topological polar surface area (TPSA) is 21.3 Å². The van der Waals surface area contributed by atoms with Crippen LogP contribution < -0.4 is 10.1 Å². The molecule has 0 aliphatic rings. The van der Waals surface area contributed by atoms with E-state index in [1.807, 2.05) is 43.4 Å². The third kappa shape index (κ3) is 3.34. The highest BCUT2D eigenvalue weighted by molar-refractivity contribution is 9.11. The fourth-order valence-corrected chi connectivity index (χ4v) is 2.46. The molecule has 0 radical (unpaired) electrons. The first-order valence-electron chi connectivity index (χ1n) is 5.56. The Morgan fingerprint density at radius 3 is 2.39 bits per heavy atom. The van der Waals surface area contributed by atoms with Crippen LogP contribution in [0.1, 0.15) is 5.56 Å². The molecule has 2 aromatic carbocycles. The maximum Gasteiger partial charge on any atom is 0.141 e. The van der Waals surface area contributed by atoms with Gasteiger partial charge < -0.3 is 10.1 Å². The average Bonchev–Trinajstić information content (AvgIpc) is 2.35. The van der Waals surface area contributed by atoms with Crippen molar-refractivity contribution in [3.8, 4) is 11.5 Å². The zero-order chi connectivity index (χ0) is 13.0. The van der Waals surface area contributed by atoms with Gasteiger partial charge in [-0.1, -0.05) is 18.2 Å². The summed E-state index contributed by atoms with van der Waals surface area (Å²) in [5.41, 5.74) is 1.21. The molecule has 18 heavy (non-hydrogen) atoms. The molecule has 0 atom stereocenters. The van der Waals surface area contributed by atoms with Crippen molar-refractivity contribution in [2.75, 3.05) is 7.05 Å². The SMILES string of the molecule is CNCc1ccc(Oc2ccccc2Br)c(Br)c1. The fourth-order valence-electron chi connectivity index (χ4n) is 1.59. The summed E-state index contributed by atoms with van der Waals surface area (Å²) in [5, 5.41) is 3.12. The van der Waals surface area contributed by atoms with Crippen molar-refractivity contribution in [1.82, 2.24) is 5.32 Å². The molecule has 0 aromatic heterocycles. The molecule has 0 saturated carbocycles. The third-order valence-electron chi connectivity index (χ3n) is 2.43. The summed E-state index contributed by atoms with van der Waals surface area (Å²) >= 11 is 7.00. The molecule has 4 heteroatoms. The van der Waals surface area contributed by atoms with E-state index in [1.165, 1.54) is 5.56 Å². The molecule has 0 spiro atoms. The highest BCUT2D eigenvalue weighted by Gasteiger charge is 2.06. The number of halogens is 2. The van der Waals surface area contributed by atoms with Gasteiger partial charge in [0, 0.05) is 6.54 Å². The summed E-state index contributed by atoms with van der Waals surface area (Å²) in [4.78, 5) is 0. The predicted molar refractivity (Wildman–Crippen MR) is 81.1 cm³/mol. The van der Waals surface area contributed by atoms with Gasteiger partial charge in [-0.05, 0) is 68.7 Å². The molecule has 94 valence electrons. The van der Waals surface area contributed by atoms with E-state index in [2.05, 4.69) is 43.2 Å². The van der Waals surface area contributed by atoms with E-state index >= 15 is 0 Å². The predicted octanol–water partition coefficient (Wildman–Crippen LogP) is 4.72. The monoisotopic (exact) mass is 369 g/mol. The van der Waals surface area contributed by atoms with Gasteiger partial charge in [0.2, 0.25) is 0 Å². The highest BCUT2D eigenvalue weighted by Crippen LogP contribution is 2.34. The lowest BCUT2D eigenvalue weighted by molar-refractivity contribution is 0.476. The Kier molecular flexibility index (Phi) is 4.80. The van der Waals surface area contributed by atoms with Gasteiger partial charge in [0.1, 0.15) is 11.5 Å². The minimum absolute atomic E-state index is 0.805. The quantitative estimate of drug-likeness (QED) is 0.840. The average molecular weight is 371 g/mol. The van der Waals surface area contributed by atoms with Gasteiger partial charge in [-0.2, -0.15) is 0 Å². The molecule has 0 bridgehead atoms. The van der Waals surface area contributed by atoms with E-state index < -0.39 is 0 Å². The summed E-state index contributed by atoms with van der Waals surface area (Å²) in [6.45, 7) is 0.841. The lowest BCUT2D eigenvalue weighted by Gasteiger charge is -2.10. The van der Waals surface area contributed by atoms with Crippen molar-refractivity contribution in [3.63, 3.8) is 0 Å². The van der Waals surface area contributed by atoms with Crippen LogP contribution in [0, 0.1) is 0 Å². The zero-order valence-electron chi connectivity index (χ0n) is 9.91. The maximum atomic E-state index is 5.86. The molecule has 1 N–H and O–H groups in total. The molecule has 2 aromatic rings. The Morgan fingerprint density at radius 2 is 1.72 bits per heavy atom. The molecular weight excluding hydrogens is 358 g/mol. The van der Waals surface area contributed by atoms with Gasteiger partial charge >= 0.3 is 0 Å². The second-order valence-electron chi connectivity index (χ2n) is 3.83. The van der Waals surface area contributed by atoms with Gasteiger partial charge in [-0.25, -0.2) is 0 Å². The van der Waals surface area contributed by atoms with Gasteiger partial charge in [-0.3, -0.25) is 0 Å². The van der Waals surface area contributed by atoms with Crippen LogP contribution >= 0.6 is 31.9 Å². The number of benzene rings is 2. The molecule has 0 amide bonds. The largest absolute Gasteiger partial charge is 0.455 e. The molecule has 0 saturated heterocycles. The van der Waals surface area contributed by atoms with E-state index in [1.54, 1.807) is 0 Å². The summed E-state index contributed by atoms with van der Waals surface area (Å²) in [7, 11) is 1.93. The van der Waals surface area contributed by atoms with E-state index in [-0.39, 0.29) is 0 Å². The molecular formula is C14H13Br2NO. The number of hydrogen-bond donors (Lipinski definition) is 1.